The summed E-state index contributed by atoms with van der Waals surface area (Å²) in [5.41, 5.74) is 0. The zero-order valence-electron chi connectivity index (χ0n) is 7.92. The van der Waals surface area contributed by atoms with Crippen LogP contribution in [0.2, 0.25) is 0 Å². The van der Waals surface area contributed by atoms with Gasteiger partial charge in [0.1, 0.15) is 6.61 Å². The molecule has 5 heteroatoms. The van der Waals surface area contributed by atoms with E-state index in [1.165, 1.54) is 0 Å². The zero-order valence-corrected chi connectivity index (χ0v) is 9.51. The van der Waals surface area contributed by atoms with Crippen molar-refractivity contribution in [1.29, 1.82) is 0 Å². The van der Waals surface area contributed by atoms with Crippen LogP contribution < -0.4 is 5.32 Å². The fourth-order valence-electron chi connectivity index (χ4n) is 0.661. The molecule has 4 nitrogen and oxygen atoms in total. The minimum absolute atomic E-state index is 0.0443. The zero-order chi connectivity index (χ0) is 10.6. The molecule has 0 radical (unpaired) electrons. The van der Waals surface area contributed by atoms with E-state index in [0.29, 0.717) is 38.3 Å². The van der Waals surface area contributed by atoms with Crippen molar-refractivity contribution in [3.05, 3.63) is 0 Å². The van der Waals surface area contributed by atoms with Gasteiger partial charge in [0, 0.05) is 6.54 Å². The molecule has 0 bridgehead atoms. The molecule has 0 unspecified atom stereocenters. The summed E-state index contributed by atoms with van der Waals surface area (Å²) in [6, 6.07) is 0. The molecule has 0 aliphatic carbocycles. The Morgan fingerprint density at radius 3 is 2.71 bits per heavy atom. The highest BCUT2D eigenvalue weighted by molar-refractivity contribution is 9.09. The Balaban J connectivity index is 3.00. The van der Waals surface area contributed by atoms with E-state index >= 15 is 0 Å². The molecule has 14 heavy (non-hydrogen) atoms. The Labute approximate surface area is 92.5 Å². The third-order valence-corrected chi connectivity index (χ3v) is 1.76. The van der Waals surface area contributed by atoms with Crippen molar-refractivity contribution in [3.8, 4) is 12.3 Å². The van der Waals surface area contributed by atoms with Crippen LogP contribution in [0.5, 0.6) is 0 Å². The summed E-state index contributed by atoms with van der Waals surface area (Å²) in [4.78, 5) is 10.7. The van der Waals surface area contributed by atoms with E-state index in [2.05, 4.69) is 27.2 Å². The predicted octanol–water partition coefficient (Wildman–Crippen LogP) is 0.164. The fraction of sp³-hybridized carbons (Fsp3) is 0.667. The largest absolute Gasteiger partial charge is 0.377 e. The number of rotatable bonds is 8. The highest BCUT2D eigenvalue weighted by atomic mass is 79.9. The van der Waals surface area contributed by atoms with Crippen LogP contribution in [0, 0.1) is 12.3 Å². The maximum Gasteiger partial charge on any atom is 0.230 e. The van der Waals surface area contributed by atoms with Crippen molar-refractivity contribution in [2.24, 2.45) is 0 Å². The van der Waals surface area contributed by atoms with Crippen molar-refractivity contribution in [1.82, 2.24) is 5.32 Å². The Morgan fingerprint density at radius 1 is 1.36 bits per heavy atom. The smallest absolute Gasteiger partial charge is 0.230 e. The third-order valence-electron chi connectivity index (χ3n) is 1.25. The number of ether oxygens (including phenoxy) is 2. The highest BCUT2D eigenvalue weighted by Gasteiger charge is 1.95. The van der Waals surface area contributed by atoms with Gasteiger partial charge in [-0.25, -0.2) is 0 Å². The Morgan fingerprint density at radius 2 is 2.07 bits per heavy atom. The average molecular weight is 264 g/mol. The van der Waals surface area contributed by atoms with Crippen molar-refractivity contribution in [3.63, 3.8) is 0 Å². The summed E-state index contributed by atoms with van der Waals surface area (Å²) < 4.78 is 10.1. The van der Waals surface area contributed by atoms with Gasteiger partial charge in [-0.2, -0.15) is 0 Å². The second-order valence-corrected chi connectivity index (χ2v) is 2.91. The van der Waals surface area contributed by atoms with Gasteiger partial charge in [-0.15, -0.1) is 6.42 Å². The van der Waals surface area contributed by atoms with Gasteiger partial charge in [-0.3, -0.25) is 4.79 Å². The SMILES string of the molecule is C#CCOCCOCCNC(=O)CBr. The van der Waals surface area contributed by atoms with E-state index in [4.69, 9.17) is 15.9 Å². The number of carbonyl (C=O) groups is 1. The van der Waals surface area contributed by atoms with Crippen LogP contribution in [-0.4, -0.2) is 44.2 Å². The Hall–Kier alpha value is -0.570. The van der Waals surface area contributed by atoms with E-state index in [1.807, 2.05) is 0 Å². The molecule has 0 atom stereocenters. The second-order valence-electron chi connectivity index (χ2n) is 2.35. The van der Waals surface area contributed by atoms with Gasteiger partial charge in [-0.1, -0.05) is 21.9 Å². The van der Waals surface area contributed by atoms with Crippen molar-refractivity contribution in [2.75, 3.05) is 38.3 Å². The Kier molecular flexibility index (Phi) is 10.1. The molecule has 0 fully saturated rings. The fourth-order valence-corrected chi connectivity index (χ4v) is 0.859. The first-order chi connectivity index (χ1) is 6.81. The molecule has 0 aliphatic heterocycles. The normalized spacial score (nSPS) is 9.43. The Bertz CT molecular complexity index is 191. The molecule has 80 valence electrons. The summed E-state index contributed by atoms with van der Waals surface area (Å²) >= 11 is 3.03. The maximum absolute atomic E-state index is 10.7. The number of terminal acetylenes is 1. The minimum atomic E-state index is -0.0443. The summed E-state index contributed by atoms with van der Waals surface area (Å²) in [7, 11) is 0. The van der Waals surface area contributed by atoms with Crippen molar-refractivity contribution >= 4 is 21.8 Å². The molecular formula is C9H14BrNO3. The standard InChI is InChI=1S/C9H14BrNO3/c1-2-4-13-6-7-14-5-3-11-9(12)8-10/h1H,3-8H2,(H,11,12). The topological polar surface area (TPSA) is 47.6 Å². The number of halogens is 1. The molecule has 1 N–H and O–H groups in total. The summed E-state index contributed by atoms with van der Waals surface area (Å²) in [6.45, 7) is 2.28. The third kappa shape index (κ3) is 9.52. The average Bonchev–Trinajstić information content (AvgIpc) is 2.21. The van der Waals surface area contributed by atoms with Gasteiger partial charge in [0.15, 0.2) is 0 Å². The van der Waals surface area contributed by atoms with E-state index in [1.54, 1.807) is 0 Å². The maximum atomic E-state index is 10.7. The first-order valence-electron chi connectivity index (χ1n) is 4.23. The number of amides is 1. The van der Waals surface area contributed by atoms with Gasteiger partial charge in [0.2, 0.25) is 5.91 Å². The van der Waals surface area contributed by atoms with Crippen LogP contribution >= 0.6 is 15.9 Å². The summed E-state index contributed by atoms with van der Waals surface area (Å²) in [6.07, 6.45) is 4.97. The lowest BCUT2D eigenvalue weighted by Crippen LogP contribution is -2.28. The monoisotopic (exact) mass is 263 g/mol. The van der Waals surface area contributed by atoms with Gasteiger partial charge in [0.25, 0.3) is 0 Å². The lowest BCUT2D eigenvalue weighted by atomic mass is 10.6. The van der Waals surface area contributed by atoms with Crippen molar-refractivity contribution in [2.45, 2.75) is 0 Å². The predicted molar refractivity (Wildman–Crippen MR) is 57.3 cm³/mol. The molecular weight excluding hydrogens is 250 g/mol. The minimum Gasteiger partial charge on any atom is -0.377 e. The first kappa shape index (κ1) is 13.4. The van der Waals surface area contributed by atoms with E-state index < -0.39 is 0 Å². The second kappa shape index (κ2) is 10.5. The lowest BCUT2D eigenvalue weighted by molar-refractivity contribution is -0.118. The van der Waals surface area contributed by atoms with Crippen LogP contribution in [0.25, 0.3) is 0 Å². The van der Waals surface area contributed by atoms with Crippen LogP contribution in [0.4, 0.5) is 0 Å². The van der Waals surface area contributed by atoms with Gasteiger partial charge in [0.05, 0.1) is 25.2 Å². The van der Waals surface area contributed by atoms with Crippen LogP contribution in [-0.2, 0) is 14.3 Å². The first-order valence-corrected chi connectivity index (χ1v) is 5.35. The molecule has 0 aromatic rings. The molecule has 0 aliphatic rings. The van der Waals surface area contributed by atoms with E-state index in [0.717, 1.165) is 0 Å². The molecule has 0 aromatic heterocycles. The van der Waals surface area contributed by atoms with Crippen LogP contribution in [0.3, 0.4) is 0 Å². The quantitative estimate of drug-likeness (QED) is 0.386. The molecule has 0 spiro atoms. The number of nitrogens with one attached hydrogen (secondary N) is 1. The van der Waals surface area contributed by atoms with E-state index in [9.17, 15) is 4.79 Å². The van der Waals surface area contributed by atoms with Gasteiger partial charge < -0.3 is 14.8 Å². The molecule has 0 rings (SSSR count). The molecule has 1 amide bonds. The van der Waals surface area contributed by atoms with Gasteiger partial charge in [-0.05, 0) is 0 Å². The lowest BCUT2D eigenvalue weighted by Gasteiger charge is -2.04. The number of carbonyl (C=O) groups excluding carboxylic acids is 1. The van der Waals surface area contributed by atoms with Crippen LogP contribution in [0.1, 0.15) is 0 Å². The van der Waals surface area contributed by atoms with Gasteiger partial charge >= 0.3 is 0 Å². The molecule has 0 saturated carbocycles. The number of hydrogen-bond donors (Lipinski definition) is 1. The number of alkyl halides is 1. The molecule has 0 saturated heterocycles. The summed E-state index contributed by atoms with van der Waals surface area (Å²) in [5.74, 6) is 2.31. The summed E-state index contributed by atoms with van der Waals surface area (Å²) in [5, 5.41) is 2.97. The van der Waals surface area contributed by atoms with Crippen LogP contribution in [0.15, 0.2) is 0 Å². The highest BCUT2D eigenvalue weighted by Crippen LogP contribution is 1.80. The number of hydrogen-bond acceptors (Lipinski definition) is 3. The van der Waals surface area contributed by atoms with E-state index in [-0.39, 0.29) is 5.91 Å². The molecule has 0 aromatic carbocycles. The van der Waals surface area contributed by atoms with Crippen molar-refractivity contribution < 1.29 is 14.3 Å². The molecule has 0 heterocycles.